The van der Waals surface area contributed by atoms with Crippen LogP contribution in [0, 0.1) is 0 Å². The lowest BCUT2D eigenvalue weighted by Gasteiger charge is -2.16. The highest BCUT2D eigenvalue weighted by Crippen LogP contribution is 2.30. The van der Waals surface area contributed by atoms with Crippen molar-refractivity contribution >= 4 is 5.97 Å². The number of carbonyl (C=O) groups excluding carboxylic acids is 1. The third-order valence-electron chi connectivity index (χ3n) is 2.52. The Morgan fingerprint density at radius 1 is 1.35 bits per heavy atom. The predicted octanol–water partition coefficient (Wildman–Crippen LogP) is 3.39. The van der Waals surface area contributed by atoms with Crippen LogP contribution in [0.1, 0.15) is 49.0 Å². The van der Waals surface area contributed by atoms with Gasteiger partial charge in [-0.15, -0.1) is 0 Å². The van der Waals surface area contributed by atoms with E-state index in [1.54, 1.807) is 6.07 Å². The van der Waals surface area contributed by atoms with Crippen LogP contribution in [0.2, 0.25) is 0 Å². The molecule has 0 saturated carbocycles. The summed E-state index contributed by atoms with van der Waals surface area (Å²) in [6, 6.07) is 5.59. The van der Waals surface area contributed by atoms with Gasteiger partial charge in [-0.1, -0.05) is 32.9 Å². The van der Waals surface area contributed by atoms with Gasteiger partial charge in [-0.05, 0) is 24.0 Å². The van der Waals surface area contributed by atoms with Crippen molar-refractivity contribution in [3.05, 3.63) is 29.3 Å². The van der Waals surface area contributed by atoms with Gasteiger partial charge in [0.2, 0.25) is 0 Å². The van der Waals surface area contributed by atoms with Crippen LogP contribution in [0.4, 0.5) is 0 Å². The van der Waals surface area contributed by atoms with E-state index in [4.69, 9.17) is 9.47 Å². The average molecular weight is 236 g/mol. The largest absolute Gasteiger partial charge is 0.492 e. The molecule has 0 aromatic heterocycles. The first-order valence-electron chi connectivity index (χ1n) is 5.95. The van der Waals surface area contributed by atoms with Crippen LogP contribution in [0.25, 0.3) is 0 Å². The number of benzene rings is 1. The normalized spacial score (nSPS) is 10.4. The summed E-state index contributed by atoms with van der Waals surface area (Å²) in [4.78, 5) is 11.7. The van der Waals surface area contributed by atoms with Crippen molar-refractivity contribution in [3.63, 3.8) is 0 Å². The molecule has 1 aromatic carbocycles. The molecule has 0 unspecified atom stereocenters. The van der Waals surface area contributed by atoms with Crippen LogP contribution in [-0.4, -0.2) is 19.7 Å². The highest BCUT2D eigenvalue weighted by Gasteiger charge is 2.18. The van der Waals surface area contributed by atoms with Crippen LogP contribution in [0.5, 0.6) is 5.75 Å². The quantitative estimate of drug-likeness (QED) is 0.735. The van der Waals surface area contributed by atoms with Gasteiger partial charge in [0.15, 0.2) is 0 Å². The van der Waals surface area contributed by atoms with Gasteiger partial charge in [0, 0.05) is 0 Å². The predicted molar refractivity (Wildman–Crippen MR) is 67.7 cm³/mol. The second kappa shape index (κ2) is 6.28. The summed E-state index contributed by atoms with van der Waals surface area (Å²) in [5.41, 5.74) is 1.55. The van der Waals surface area contributed by atoms with Gasteiger partial charge in [0.05, 0.1) is 13.7 Å². The van der Waals surface area contributed by atoms with Gasteiger partial charge in [0.1, 0.15) is 11.3 Å². The summed E-state index contributed by atoms with van der Waals surface area (Å²) in [6.45, 7) is 6.80. The molecule has 17 heavy (non-hydrogen) atoms. The lowest BCUT2D eigenvalue weighted by Crippen LogP contribution is -2.09. The lowest BCUT2D eigenvalue weighted by atomic mass is 9.99. The lowest BCUT2D eigenvalue weighted by molar-refractivity contribution is 0.0595. The van der Waals surface area contributed by atoms with E-state index in [1.807, 2.05) is 19.1 Å². The molecule has 3 heteroatoms. The van der Waals surface area contributed by atoms with Crippen LogP contribution in [-0.2, 0) is 4.74 Å². The van der Waals surface area contributed by atoms with Gasteiger partial charge in [-0.3, -0.25) is 0 Å². The Morgan fingerprint density at radius 2 is 2.06 bits per heavy atom. The molecule has 1 rings (SSSR count). The molecule has 0 radical (unpaired) electrons. The highest BCUT2D eigenvalue weighted by atomic mass is 16.5. The molecule has 94 valence electrons. The second-order valence-corrected chi connectivity index (χ2v) is 4.22. The third kappa shape index (κ3) is 3.22. The standard InChI is InChI=1S/C14H20O3/c1-5-9-17-13-11(10(2)3)7-6-8-12(13)14(15)16-4/h6-8,10H,5,9H2,1-4H3. The first-order valence-corrected chi connectivity index (χ1v) is 5.95. The van der Waals surface area contributed by atoms with Crippen molar-refractivity contribution < 1.29 is 14.3 Å². The third-order valence-corrected chi connectivity index (χ3v) is 2.52. The molecule has 0 saturated heterocycles. The maximum atomic E-state index is 11.7. The first kappa shape index (κ1) is 13.6. The monoisotopic (exact) mass is 236 g/mol. The minimum Gasteiger partial charge on any atom is -0.492 e. The molecule has 0 aliphatic rings. The van der Waals surface area contributed by atoms with E-state index >= 15 is 0 Å². The van der Waals surface area contributed by atoms with Gasteiger partial charge in [-0.25, -0.2) is 4.79 Å². The average Bonchev–Trinajstić information content (AvgIpc) is 2.34. The number of esters is 1. The van der Waals surface area contributed by atoms with E-state index in [9.17, 15) is 4.79 Å². The van der Waals surface area contributed by atoms with E-state index in [0.29, 0.717) is 23.8 Å². The number of hydrogen-bond acceptors (Lipinski definition) is 3. The van der Waals surface area contributed by atoms with Gasteiger partial charge in [0.25, 0.3) is 0 Å². The molecule has 0 heterocycles. The number of carbonyl (C=O) groups is 1. The number of para-hydroxylation sites is 1. The van der Waals surface area contributed by atoms with Crippen molar-refractivity contribution in [1.29, 1.82) is 0 Å². The van der Waals surface area contributed by atoms with Crippen LogP contribution in [0.3, 0.4) is 0 Å². The Hall–Kier alpha value is -1.51. The maximum Gasteiger partial charge on any atom is 0.341 e. The molecule has 0 spiro atoms. The number of rotatable bonds is 5. The summed E-state index contributed by atoms with van der Waals surface area (Å²) >= 11 is 0. The first-order chi connectivity index (χ1) is 8.11. The smallest absolute Gasteiger partial charge is 0.341 e. The number of hydrogen-bond donors (Lipinski definition) is 0. The van der Waals surface area contributed by atoms with Crippen molar-refractivity contribution in [2.45, 2.75) is 33.1 Å². The highest BCUT2D eigenvalue weighted by molar-refractivity contribution is 5.93. The summed E-state index contributed by atoms with van der Waals surface area (Å²) in [5.74, 6) is 0.626. The van der Waals surface area contributed by atoms with E-state index in [2.05, 4.69) is 13.8 Å². The molecule has 3 nitrogen and oxygen atoms in total. The Morgan fingerprint density at radius 3 is 2.59 bits per heavy atom. The Kier molecular flexibility index (Phi) is 5.01. The molecule has 0 aliphatic heterocycles. The molecular formula is C14H20O3. The van der Waals surface area contributed by atoms with Crippen LogP contribution < -0.4 is 4.74 Å². The van der Waals surface area contributed by atoms with Crippen molar-refractivity contribution in [1.82, 2.24) is 0 Å². The van der Waals surface area contributed by atoms with Crippen molar-refractivity contribution in [2.75, 3.05) is 13.7 Å². The fourth-order valence-corrected chi connectivity index (χ4v) is 1.65. The van der Waals surface area contributed by atoms with E-state index in [0.717, 1.165) is 12.0 Å². The van der Waals surface area contributed by atoms with Crippen LogP contribution in [0.15, 0.2) is 18.2 Å². The van der Waals surface area contributed by atoms with Crippen LogP contribution >= 0.6 is 0 Å². The SMILES string of the molecule is CCCOc1c(C(=O)OC)cccc1C(C)C. The fraction of sp³-hybridized carbons (Fsp3) is 0.500. The Labute approximate surface area is 103 Å². The maximum absolute atomic E-state index is 11.7. The van der Waals surface area contributed by atoms with Gasteiger partial charge in [-0.2, -0.15) is 0 Å². The topological polar surface area (TPSA) is 35.5 Å². The van der Waals surface area contributed by atoms with Crippen molar-refractivity contribution in [2.24, 2.45) is 0 Å². The zero-order valence-corrected chi connectivity index (χ0v) is 10.9. The summed E-state index contributed by atoms with van der Waals surface area (Å²) < 4.78 is 10.5. The molecular weight excluding hydrogens is 216 g/mol. The number of methoxy groups -OCH3 is 1. The summed E-state index contributed by atoms with van der Waals surface area (Å²) in [6.07, 6.45) is 0.910. The van der Waals surface area contributed by atoms with Gasteiger partial charge < -0.3 is 9.47 Å². The second-order valence-electron chi connectivity index (χ2n) is 4.22. The minimum absolute atomic E-state index is 0.312. The zero-order valence-electron chi connectivity index (χ0n) is 10.9. The summed E-state index contributed by atoms with van der Waals surface area (Å²) in [5, 5.41) is 0. The minimum atomic E-state index is -0.349. The molecule has 1 aromatic rings. The molecule has 0 amide bonds. The van der Waals surface area contributed by atoms with Gasteiger partial charge >= 0.3 is 5.97 Å². The van der Waals surface area contributed by atoms with E-state index in [-0.39, 0.29) is 5.97 Å². The zero-order chi connectivity index (χ0) is 12.8. The molecule has 0 aliphatic carbocycles. The van der Waals surface area contributed by atoms with E-state index in [1.165, 1.54) is 7.11 Å². The summed E-state index contributed by atoms with van der Waals surface area (Å²) in [7, 11) is 1.38. The molecule has 0 N–H and O–H groups in total. The molecule has 0 fully saturated rings. The van der Waals surface area contributed by atoms with E-state index < -0.39 is 0 Å². The fourth-order valence-electron chi connectivity index (χ4n) is 1.65. The molecule has 0 atom stereocenters. The Balaban J connectivity index is 3.19. The van der Waals surface area contributed by atoms with Crippen molar-refractivity contribution in [3.8, 4) is 5.75 Å². The number of ether oxygens (including phenoxy) is 2. The molecule has 0 bridgehead atoms. The Bertz CT molecular complexity index is 383.